The molecule has 0 unspecified atom stereocenters. The fourth-order valence-corrected chi connectivity index (χ4v) is 2.01. The number of pyridine rings is 1. The van der Waals surface area contributed by atoms with Crippen LogP contribution in [0.3, 0.4) is 0 Å². The smallest absolute Gasteiger partial charge is 0.253 e. The van der Waals surface area contributed by atoms with Gasteiger partial charge in [0.05, 0.1) is 22.8 Å². The van der Waals surface area contributed by atoms with Crippen LogP contribution in [0.25, 0.3) is 0 Å². The number of halogens is 3. The summed E-state index contributed by atoms with van der Waals surface area (Å²) in [6.45, 7) is -0.218. The summed E-state index contributed by atoms with van der Waals surface area (Å²) in [5, 5.41) is 6.10. The average Bonchev–Trinajstić information content (AvgIpc) is 2.49. The molecule has 2 rings (SSSR count). The Balaban J connectivity index is 1.91. The first-order chi connectivity index (χ1) is 10.5. The molecule has 0 saturated carbocycles. The van der Waals surface area contributed by atoms with Crippen LogP contribution in [0.15, 0.2) is 36.5 Å². The molecule has 1 aromatic heterocycles. The zero-order valence-electron chi connectivity index (χ0n) is 11.1. The van der Waals surface area contributed by atoms with Gasteiger partial charge in [-0.15, -0.1) is 0 Å². The summed E-state index contributed by atoms with van der Waals surface area (Å²) >= 11 is 17.4. The largest absolute Gasteiger partial charge is 0.343 e. The summed E-state index contributed by atoms with van der Waals surface area (Å²) in [5.41, 5.74) is 0.680. The number of rotatable bonds is 4. The molecule has 0 fully saturated rings. The molecule has 5 nitrogen and oxygen atoms in total. The second kappa shape index (κ2) is 7.45. The predicted molar refractivity (Wildman–Crippen MR) is 86.7 cm³/mol. The van der Waals surface area contributed by atoms with Gasteiger partial charge in [0.25, 0.3) is 5.91 Å². The highest BCUT2D eigenvalue weighted by Gasteiger charge is 2.10. The van der Waals surface area contributed by atoms with E-state index < -0.39 is 11.8 Å². The number of hydrogen-bond acceptors (Lipinski definition) is 3. The van der Waals surface area contributed by atoms with Crippen LogP contribution < -0.4 is 10.6 Å². The summed E-state index contributed by atoms with van der Waals surface area (Å²) in [4.78, 5) is 27.4. The average molecular weight is 359 g/mol. The summed E-state index contributed by atoms with van der Waals surface area (Å²) < 4.78 is 0. The highest BCUT2D eigenvalue weighted by molar-refractivity contribution is 6.35. The van der Waals surface area contributed by atoms with Crippen molar-refractivity contribution in [2.45, 2.75) is 0 Å². The number of nitrogens with one attached hydrogen (secondary N) is 2. The van der Waals surface area contributed by atoms with Crippen molar-refractivity contribution < 1.29 is 9.59 Å². The lowest BCUT2D eigenvalue weighted by atomic mass is 10.2. The lowest BCUT2D eigenvalue weighted by Crippen LogP contribution is -2.32. The van der Waals surface area contributed by atoms with Crippen molar-refractivity contribution in [1.29, 1.82) is 0 Å². The fraction of sp³-hybridized carbons (Fsp3) is 0.0714. The van der Waals surface area contributed by atoms with Gasteiger partial charge >= 0.3 is 0 Å². The minimum absolute atomic E-state index is 0.218. The topological polar surface area (TPSA) is 71.1 Å². The first-order valence-corrected chi connectivity index (χ1v) is 7.24. The molecule has 0 atom stereocenters. The van der Waals surface area contributed by atoms with Gasteiger partial charge in [-0.1, -0.05) is 34.8 Å². The van der Waals surface area contributed by atoms with E-state index in [-0.39, 0.29) is 11.7 Å². The number of aromatic nitrogens is 1. The van der Waals surface area contributed by atoms with Gasteiger partial charge in [0, 0.05) is 11.2 Å². The van der Waals surface area contributed by atoms with Crippen molar-refractivity contribution >= 4 is 52.3 Å². The van der Waals surface area contributed by atoms with Crippen LogP contribution in [-0.2, 0) is 4.79 Å². The van der Waals surface area contributed by atoms with E-state index in [4.69, 9.17) is 34.8 Å². The van der Waals surface area contributed by atoms with E-state index >= 15 is 0 Å². The van der Waals surface area contributed by atoms with Crippen molar-refractivity contribution in [3.05, 3.63) is 57.3 Å². The van der Waals surface area contributed by atoms with Crippen LogP contribution in [0.4, 0.5) is 5.69 Å². The van der Waals surface area contributed by atoms with E-state index in [0.29, 0.717) is 21.3 Å². The molecule has 8 heteroatoms. The van der Waals surface area contributed by atoms with Crippen molar-refractivity contribution in [3.8, 4) is 0 Å². The molecular formula is C14H10Cl3N3O2. The zero-order chi connectivity index (χ0) is 16.1. The Morgan fingerprint density at radius 3 is 2.55 bits per heavy atom. The van der Waals surface area contributed by atoms with Crippen LogP contribution in [0, 0.1) is 0 Å². The normalized spacial score (nSPS) is 10.1. The first-order valence-electron chi connectivity index (χ1n) is 6.10. The predicted octanol–water partition coefficient (Wildman–Crippen LogP) is 3.41. The molecule has 1 aromatic carbocycles. The molecule has 0 aliphatic rings. The van der Waals surface area contributed by atoms with Gasteiger partial charge in [0.2, 0.25) is 5.91 Å². The summed E-state index contributed by atoms with van der Waals surface area (Å²) in [7, 11) is 0. The van der Waals surface area contributed by atoms with Gasteiger partial charge in [-0.2, -0.15) is 0 Å². The third kappa shape index (κ3) is 4.59. The number of anilines is 1. The van der Waals surface area contributed by atoms with E-state index in [1.165, 1.54) is 24.4 Å². The third-order valence-electron chi connectivity index (χ3n) is 2.60. The lowest BCUT2D eigenvalue weighted by Gasteiger charge is -2.08. The van der Waals surface area contributed by atoms with E-state index in [1.807, 2.05) is 0 Å². The van der Waals surface area contributed by atoms with E-state index in [2.05, 4.69) is 15.6 Å². The van der Waals surface area contributed by atoms with E-state index in [9.17, 15) is 9.59 Å². The van der Waals surface area contributed by atoms with Crippen LogP contribution in [0.2, 0.25) is 15.2 Å². The van der Waals surface area contributed by atoms with Crippen LogP contribution >= 0.6 is 34.8 Å². The molecule has 22 heavy (non-hydrogen) atoms. The van der Waals surface area contributed by atoms with Crippen molar-refractivity contribution in [2.24, 2.45) is 0 Å². The minimum Gasteiger partial charge on any atom is -0.343 e. The number of benzene rings is 1. The Kier molecular flexibility index (Phi) is 5.60. The summed E-state index contributed by atoms with van der Waals surface area (Å²) in [6, 6.07) is 7.69. The van der Waals surface area contributed by atoms with Gasteiger partial charge in [0.15, 0.2) is 0 Å². The van der Waals surface area contributed by atoms with E-state index in [1.54, 1.807) is 12.1 Å². The van der Waals surface area contributed by atoms with Crippen LogP contribution in [-0.4, -0.2) is 23.3 Å². The maximum absolute atomic E-state index is 11.8. The van der Waals surface area contributed by atoms with Gasteiger partial charge < -0.3 is 10.6 Å². The van der Waals surface area contributed by atoms with Crippen molar-refractivity contribution in [3.63, 3.8) is 0 Å². The Bertz CT molecular complexity index is 705. The molecule has 2 aromatic rings. The first kappa shape index (κ1) is 16.5. The van der Waals surface area contributed by atoms with Crippen molar-refractivity contribution in [1.82, 2.24) is 10.3 Å². The molecule has 0 radical (unpaired) electrons. The molecular weight excluding hydrogens is 349 g/mol. The van der Waals surface area contributed by atoms with Crippen molar-refractivity contribution in [2.75, 3.05) is 11.9 Å². The number of hydrogen-bond donors (Lipinski definition) is 2. The maximum Gasteiger partial charge on any atom is 0.253 e. The van der Waals surface area contributed by atoms with Gasteiger partial charge in [-0.3, -0.25) is 9.59 Å². The van der Waals surface area contributed by atoms with Crippen LogP contribution in [0.1, 0.15) is 10.4 Å². The molecule has 0 spiro atoms. The second-order valence-electron chi connectivity index (χ2n) is 4.22. The van der Waals surface area contributed by atoms with Gasteiger partial charge in [-0.25, -0.2) is 4.98 Å². The zero-order valence-corrected chi connectivity index (χ0v) is 13.3. The fourth-order valence-electron chi connectivity index (χ4n) is 1.56. The number of carbonyl (C=O) groups is 2. The van der Waals surface area contributed by atoms with E-state index in [0.717, 1.165) is 0 Å². The Hall–Kier alpha value is -1.82. The molecule has 114 valence electrons. The standard InChI is InChI=1S/C14H10Cl3N3O2/c15-9-2-3-10(16)11(5-9)20-13(21)7-19-14(22)8-1-4-12(17)18-6-8/h1-6H,7H2,(H,19,22)(H,20,21). The molecule has 0 aliphatic heterocycles. The Morgan fingerprint density at radius 1 is 1.09 bits per heavy atom. The number of amides is 2. The number of carbonyl (C=O) groups excluding carboxylic acids is 2. The SMILES string of the molecule is O=C(CNC(=O)c1ccc(Cl)nc1)Nc1cc(Cl)ccc1Cl. The van der Waals surface area contributed by atoms with Crippen LogP contribution in [0.5, 0.6) is 0 Å². The number of nitrogens with zero attached hydrogens (tertiary/aromatic N) is 1. The Labute approximate surface area is 141 Å². The minimum atomic E-state index is -0.434. The second-order valence-corrected chi connectivity index (χ2v) is 5.46. The molecule has 2 N–H and O–H groups in total. The van der Waals surface area contributed by atoms with Gasteiger partial charge in [-0.05, 0) is 30.3 Å². The maximum atomic E-state index is 11.8. The highest BCUT2D eigenvalue weighted by Crippen LogP contribution is 2.25. The molecule has 0 bridgehead atoms. The lowest BCUT2D eigenvalue weighted by molar-refractivity contribution is -0.115. The van der Waals surface area contributed by atoms with Gasteiger partial charge in [0.1, 0.15) is 5.15 Å². The molecule has 2 amide bonds. The monoisotopic (exact) mass is 357 g/mol. The molecule has 0 saturated heterocycles. The summed E-state index contributed by atoms with van der Waals surface area (Å²) in [6.07, 6.45) is 1.32. The third-order valence-corrected chi connectivity index (χ3v) is 3.39. The Morgan fingerprint density at radius 2 is 1.86 bits per heavy atom. The quantitative estimate of drug-likeness (QED) is 0.823. The molecule has 0 aliphatic carbocycles. The highest BCUT2D eigenvalue weighted by atomic mass is 35.5. The summed E-state index contributed by atoms with van der Waals surface area (Å²) in [5.74, 6) is -0.865. The molecule has 1 heterocycles.